The van der Waals surface area contributed by atoms with E-state index in [1.807, 2.05) is 19.2 Å². The number of aryl methyl sites for hydroxylation is 1. The van der Waals surface area contributed by atoms with E-state index in [1.54, 1.807) is 0 Å². The first-order valence-electron chi connectivity index (χ1n) is 6.86. The van der Waals surface area contributed by atoms with E-state index in [9.17, 15) is 0 Å². The van der Waals surface area contributed by atoms with Crippen molar-refractivity contribution >= 4 is 27.4 Å². The van der Waals surface area contributed by atoms with Crippen LogP contribution in [-0.4, -0.2) is 29.1 Å². The van der Waals surface area contributed by atoms with E-state index in [0.717, 1.165) is 40.3 Å². The second-order valence-electron chi connectivity index (χ2n) is 5.45. The third-order valence-corrected chi connectivity index (χ3v) is 4.61. The van der Waals surface area contributed by atoms with Crippen molar-refractivity contribution in [1.82, 2.24) is 9.97 Å². The van der Waals surface area contributed by atoms with Crippen molar-refractivity contribution in [2.45, 2.75) is 19.4 Å². The predicted molar refractivity (Wildman–Crippen MR) is 84.1 cm³/mol. The summed E-state index contributed by atoms with van der Waals surface area (Å²) in [5.74, 6) is 0.998. The van der Waals surface area contributed by atoms with Crippen molar-refractivity contribution < 1.29 is 0 Å². The molecular weight excluding hydrogens is 316 g/mol. The number of hydrogen-bond acceptors (Lipinski definition) is 4. The Kier molecular flexibility index (Phi) is 2.70. The zero-order valence-corrected chi connectivity index (χ0v) is 12.8. The number of fused-ring (bicyclic) bond motifs is 4. The molecular formula is C15H15BrN4. The number of anilines is 2. The lowest BCUT2D eigenvalue weighted by Crippen LogP contribution is -2.32. The maximum Gasteiger partial charge on any atom is 0.150 e. The summed E-state index contributed by atoms with van der Waals surface area (Å²) in [5, 5.41) is 3.54. The molecule has 2 aromatic heterocycles. The molecule has 2 bridgehead atoms. The highest BCUT2D eigenvalue weighted by Gasteiger charge is 2.31. The molecule has 102 valence electrons. The van der Waals surface area contributed by atoms with Crippen LogP contribution in [-0.2, 0) is 0 Å². The van der Waals surface area contributed by atoms with E-state index in [0.29, 0.717) is 6.04 Å². The molecule has 1 atom stereocenters. The fraction of sp³-hybridized carbons (Fsp3) is 0.333. The largest absolute Gasteiger partial charge is 0.366 e. The van der Waals surface area contributed by atoms with Gasteiger partial charge in [0.15, 0.2) is 5.82 Å². The van der Waals surface area contributed by atoms with Crippen LogP contribution < -0.4 is 10.2 Å². The minimum Gasteiger partial charge on any atom is -0.366 e. The first kappa shape index (κ1) is 12.1. The van der Waals surface area contributed by atoms with Crippen molar-refractivity contribution in [3.63, 3.8) is 0 Å². The summed E-state index contributed by atoms with van der Waals surface area (Å²) in [7, 11) is 0. The van der Waals surface area contributed by atoms with Gasteiger partial charge in [-0.15, -0.1) is 0 Å². The molecule has 1 saturated heterocycles. The zero-order valence-electron chi connectivity index (χ0n) is 11.2. The lowest BCUT2D eigenvalue weighted by molar-refractivity contribution is 0.788. The van der Waals surface area contributed by atoms with Crippen LogP contribution in [0.1, 0.15) is 12.1 Å². The quantitative estimate of drug-likeness (QED) is 0.871. The van der Waals surface area contributed by atoms with Gasteiger partial charge in [-0.3, -0.25) is 4.98 Å². The van der Waals surface area contributed by atoms with Gasteiger partial charge in [0.2, 0.25) is 0 Å². The molecule has 5 heteroatoms. The van der Waals surface area contributed by atoms with E-state index in [-0.39, 0.29) is 0 Å². The van der Waals surface area contributed by atoms with Gasteiger partial charge in [0.25, 0.3) is 0 Å². The van der Waals surface area contributed by atoms with Crippen molar-refractivity contribution in [3.05, 3.63) is 34.6 Å². The topological polar surface area (TPSA) is 41.1 Å². The van der Waals surface area contributed by atoms with Crippen LogP contribution in [0.3, 0.4) is 0 Å². The molecule has 20 heavy (non-hydrogen) atoms. The Bertz CT molecular complexity index is 668. The number of nitrogens with zero attached hydrogens (tertiary/aromatic N) is 3. The molecule has 4 heterocycles. The Morgan fingerprint density at radius 1 is 1.40 bits per heavy atom. The number of rotatable bonds is 1. The molecule has 0 aliphatic carbocycles. The first-order chi connectivity index (χ1) is 9.70. The molecule has 0 amide bonds. The van der Waals surface area contributed by atoms with Gasteiger partial charge in [-0.05, 0) is 47.5 Å². The molecule has 2 aliphatic rings. The van der Waals surface area contributed by atoms with Gasteiger partial charge in [-0.1, -0.05) is 0 Å². The Labute approximate surface area is 126 Å². The average molecular weight is 331 g/mol. The van der Waals surface area contributed by atoms with Crippen LogP contribution in [0.5, 0.6) is 0 Å². The average Bonchev–Trinajstić information content (AvgIpc) is 2.84. The Morgan fingerprint density at radius 3 is 3.10 bits per heavy atom. The number of halogens is 1. The Morgan fingerprint density at radius 2 is 2.30 bits per heavy atom. The second kappa shape index (κ2) is 4.45. The number of aromatic nitrogens is 2. The number of pyridine rings is 2. The SMILES string of the molecule is Cc1ccc(-c2nc3c(cc2Br)N2CC[C@@H](C2)N3)cn1. The summed E-state index contributed by atoms with van der Waals surface area (Å²) in [6.45, 7) is 4.20. The van der Waals surface area contributed by atoms with E-state index in [1.165, 1.54) is 12.1 Å². The fourth-order valence-electron chi connectivity index (χ4n) is 2.93. The molecule has 0 saturated carbocycles. The van der Waals surface area contributed by atoms with Crippen molar-refractivity contribution in [1.29, 1.82) is 0 Å². The number of nitrogens with one attached hydrogen (secondary N) is 1. The summed E-state index contributed by atoms with van der Waals surface area (Å²) >= 11 is 3.66. The highest BCUT2D eigenvalue weighted by molar-refractivity contribution is 9.10. The minimum atomic E-state index is 0.542. The summed E-state index contributed by atoms with van der Waals surface area (Å²) in [6.07, 6.45) is 3.07. The maximum absolute atomic E-state index is 4.81. The second-order valence-corrected chi connectivity index (χ2v) is 6.31. The summed E-state index contributed by atoms with van der Waals surface area (Å²) in [4.78, 5) is 11.6. The highest BCUT2D eigenvalue weighted by Crippen LogP contribution is 2.39. The van der Waals surface area contributed by atoms with E-state index >= 15 is 0 Å². The first-order valence-corrected chi connectivity index (χ1v) is 7.65. The normalized spacial score (nSPS) is 19.7. The van der Waals surface area contributed by atoms with Gasteiger partial charge in [-0.25, -0.2) is 4.98 Å². The van der Waals surface area contributed by atoms with Crippen molar-refractivity contribution in [3.8, 4) is 11.3 Å². The predicted octanol–water partition coefficient (Wildman–Crippen LogP) is 3.22. The van der Waals surface area contributed by atoms with Crippen LogP contribution in [0.15, 0.2) is 28.9 Å². The van der Waals surface area contributed by atoms with E-state index < -0.39 is 0 Å². The zero-order chi connectivity index (χ0) is 13.7. The van der Waals surface area contributed by atoms with Gasteiger partial charge in [-0.2, -0.15) is 0 Å². The standard InChI is InChI=1S/C15H15BrN4/c1-9-2-3-10(7-17-9)14-12(16)6-13-15(19-14)18-11-4-5-20(13)8-11/h2-3,6-7,11H,4-5,8H2,1H3,(H,18,19)/t11-/m0/s1. The molecule has 0 unspecified atom stereocenters. The summed E-state index contributed by atoms with van der Waals surface area (Å²) in [6, 6.07) is 6.80. The summed E-state index contributed by atoms with van der Waals surface area (Å²) < 4.78 is 1.02. The van der Waals surface area contributed by atoms with E-state index in [2.05, 4.69) is 43.3 Å². The fourth-order valence-corrected chi connectivity index (χ4v) is 3.46. The van der Waals surface area contributed by atoms with E-state index in [4.69, 9.17) is 4.98 Å². The molecule has 2 aliphatic heterocycles. The lowest BCUT2D eigenvalue weighted by Gasteiger charge is -2.28. The maximum atomic E-state index is 4.81. The van der Waals surface area contributed by atoms with Crippen molar-refractivity contribution in [2.24, 2.45) is 0 Å². The minimum absolute atomic E-state index is 0.542. The van der Waals surface area contributed by atoms with Gasteiger partial charge in [0, 0.05) is 41.1 Å². The molecule has 4 rings (SSSR count). The van der Waals surface area contributed by atoms with Gasteiger partial charge < -0.3 is 10.2 Å². The molecule has 0 spiro atoms. The number of hydrogen-bond donors (Lipinski definition) is 1. The van der Waals surface area contributed by atoms with Crippen LogP contribution >= 0.6 is 15.9 Å². The Hall–Kier alpha value is -1.62. The summed E-state index contributed by atoms with van der Waals surface area (Å²) in [5.41, 5.74) is 4.21. The van der Waals surface area contributed by atoms with Crippen LogP contribution in [0.25, 0.3) is 11.3 Å². The monoisotopic (exact) mass is 330 g/mol. The highest BCUT2D eigenvalue weighted by atomic mass is 79.9. The molecule has 0 radical (unpaired) electrons. The molecule has 1 N–H and O–H groups in total. The van der Waals surface area contributed by atoms with Gasteiger partial charge >= 0.3 is 0 Å². The smallest absolute Gasteiger partial charge is 0.150 e. The molecule has 4 nitrogen and oxygen atoms in total. The molecule has 0 aromatic carbocycles. The van der Waals surface area contributed by atoms with Crippen LogP contribution in [0.4, 0.5) is 11.5 Å². The van der Waals surface area contributed by atoms with Gasteiger partial charge in [0.05, 0.1) is 11.4 Å². The lowest BCUT2D eigenvalue weighted by atomic mass is 10.1. The van der Waals surface area contributed by atoms with Crippen LogP contribution in [0, 0.1) is 6.92 Å². The van der Waals surface area contributed by atoms with Gasteiger partial charge in [0.1, 0.15) is 0 Å². The third-order valence-electron chi connectivity index (χ3n) is 4.01. The third kappa shape index (κ3) is 1.88. The molecule has 1 fully saturated rings. The Balaban J connectivity index is 1.82. The van der Waals surface area contributed by atoms with Crippen molar-refractivity contribution in [2.75, 3.05) is 23.3 Å². The van der Waals surface area contributed by atoms with Crippen LogP contribution in [0.2, 0.25) is 0 Å². The molecule has 2 aromatic rings.